The molecule has 1 aromatic carbocycles. The zero-order chi connectivity index (χ0) is 21.5. The summed E-state index contributed by atoms with van der Waals surface area (Å²) < 4.78 is 57.2. The van der Waals surface area contributed by atoms with Crippen LogP contribution in [-0.2, 0) is 20.1 Å². The second kappa shape index (κ2) is 6.98. The van der Waals surface area contributed by atoms with E-state index in [1.807, 2.05) is 0 Å². The highest BCUT2D eigenvalue weighted by atomic mass is 32.2. The number of ether oxygens (including phenoxy) is 1. The Kier molecular flexibility index (Phi) is 5.50. The molecule has 0 aliphatic carbocycles. The van der Waals surface area contributed by atoms with Crippen LogP contribution in [0.4, 0.5) is 19.3 Å². The van der Waals surface area contributed by atoms with E-state index in [4.69, 9.17) is 10.5 Å². The quantitative estimate of drug-likeness (QED) is 0.719. The number of benzene rings is 1. The number of amidine groups is 1. The average Bonchev–Trinajstić information content (AvgIpc) is 2.52. The Labute approximate surface area is 163 Å². The first-order valence-electron chi connectivity index (χ1n) is 8.58. The lowest BCUT2D eigenvalue weighted by atomic mass is 9.92. The fraction of sp³-hybridized carbons (Fsp3) is 0.556. The summed E-state index contributed by atoms with van der Waals surface area (Å²) in [6, 6.07) is 3.70. The van der Waals surface area contributed by atoms with Crippen LogP contribution in [0.1, 0.15) is 40.2 Å². The number of amides is 1. The van der Waals surface area contributed by atoms with E-state index in [1.54, 1.807) is 20.8 Å². The Morgan fingerprint density at radius 1 is 1.36 bits per heavy atom. The number of nitrogens with one attached hydrogen (secondary N) is 1. The van der Waals surface area contributed by atoms with Gasteiger partial charge in [-0.1, -0.05) is 0 Å². The van der Waals surface area contributed by atoms with Crippen LogP contribution in [0.3, 0.4) is 0 Å². The third kappa shape index (κ3) is 4.11. The van der Waals surface area contributed by atoms with Gasteiger partial charge in [-0.15, -0.1) is 0 Å². The Bertz CT molecular complexity index is 927. The summed E-state index contributed by atoms with van der Waals surface area (Å²) in [6.45, 7) is 6.04. The number of sulfone groups is 1. The number of rotatable bonds is 2. The van der Waals surface area contributed by atoms with Crippen LogP contribution in [0.2, 0.25) is 0 Å². The van der Waals surface area contributed by atoms with E-state index in [0.29, 0.717) is 0 Å². The van der Waals surface area contributed by atoms with Crippen LogP contribution < -0.4 is 11.1 Å². The highest BCUT2D eigenvalue weighted by Gasteiger charge is 2.54. The molecular formula is C18H25F2N3O4S. The number of alkyl halides is 1. The monoisotopic (exact) mass is 417 g/mol. The number of carbonyl (C=O) groups excluding carboxylic acids is 1. The predicted octanol–water partition coefficient (Wildman–Crippen LogP) is 2.70. The van der Waals surface area contributed by atoms with Crippen LogP contribution in [0, 0.1) is 5.82 Å². The lowest BCUT2D eigenvalue weighted by Gasteiger charge is -2.39. The fourth-order valence-corrected chi connectivity index (χ4v) is 4.71. The third-order valence-corrected chi connectivity index (χ3v) is 7.08. The van der Waals surface area contributed by atoms with Crippen molar-refractivity contribution < 1.29 is 26.7 Å². The van der Waals surface area contributed by atoms with E-state index >= 15 is 0 Å². The Morgan fingerprint density at radius 3 is 2.50 bits per heavy atom. The summed E-state index contributed by atoms with van der Waals surface area (Å²) in [6.07, 6.45) is -0.988. The molecule has 2 atom stereocenters. The van der Waals surface area contributed by atoms with Gasteiger partial charge in [0.25, 0.3) is 0 Å². The molecule has 1 aliphatic heterocycles. The number of nitrogens with two attached hydrogens (primary N) is 1. The number of aliphatic imine (C=N–C) groups is 1. The van der Waals surface area contributed by atoms with Gasteiger partial charge in [-0.25, -0.2) is 22.0 Å². The maximum absolute atomic E-state index is 14.4. The fourth-order valence-electron chi connectivity index (χ4n) is 2.87. The smallest absolute Gasteiger partial charge is 0.413 e. The van der Waals surface area contributed by atoms with Crippen molar-refractivity contribution in [3.63, 3.8) is 0 Å². The Balaban J connectivity index is 2.62. The number of hydrogen-bond acceptors (Lipinski definition) is 6. The molecule has 0 fully saturated rings. The maximum atomic E-state index is 14.4. The number of nitrogens with zero attached hydrogens (tertiary/aromatic N) is 1. The summed E-state index contributed by atoms with van der Waals surface area (Å²) >= 11 is 0. The minimum Gasteiger partial charge on any atom is -0.444 e. The molecular weight excluding hydrogens is 392 g/mol. The zero-order valence-corrected chi connectivity index (χ0v) is 17.3. The van der Waals surface area contributed by atoms with Gasteiger partial charge in [0.1, 0.15) is 29.5 Å². The predicted molar refractivity (Wildman–Crippen MR) is 103 cm³/mol. The van der Waals surface area contributed by atoms with E-state index in [2.05, 4.69) is 10.3 Å². The first-order valence-corrected chi connectivity index (χ1v) is 10.2. The summed E-state index contributed by atoms with van der Waals surface area (Å²) in [5.41, 5.74) is 3.37. The Morgan fingerprint density at radius 2 is 1.96 bits per heavy atom. The molecule has 10 heteroatoms. The lowest BCUT2D eigenvalue weighted by Crippen LogP contribution is -2.60. The highest BCUT2D eigenvalue weighted by molar-refractivity contribution is 7.93. The van der Waals surface area contributed by atoms with E-state index in [9.17, 15) is 22.0 Å². The number of alkyl carbamates (subject to hydrolysis) is 1. The van der Waals surface area contributed by atoms with Gasteiger partial charge in [-0.05, 0) is 52.8 Å². The average molecular weight is 417 g/mol. The number of carbonyl (C=O) groups is 1. The standard InChI is InChI=1S/C18H25F2N3O4S/c1-16(2,3)27-15(24)22-14-18(5,9-19)28(25,26)10-17(4,23-14)12-8-11(21)6-7-13(12)20/h6-8H,9-10,21H2,1-5H3,(H,22,23,24)/t17-,18+/m0/s1. The van der Waals surface area contributed by atoms with Gasteiger partial charge in [0.15, 0.2) is 14.6 Å². The molecule has 0 saturated heterocycles. The Hall–Kier alpha value is -2.23. The van der Waals surface area contributed by atoms with Gasteiger partial charge < -0.3 is 10.5 Å². The first-order chi connectivity index (χ1) is 12.6. The molecule has 0 aromatic heterocycles. The van der Waals surface area contributed by atoms with Gasteiger partial charge in [0, 0.05) is 11.3 Å². The van der Waals surface area contributed by atoms with E-state index in [1.165, 1.54) is 19.1 Å². The molecule has 1 amide bonds. The first kappa shape index (κ1) is 22.1. The topological polar surface area (TPSA) is 111 Å². The number of hydrogen-bond donors (Lipinski definition) is 2. The van der Waals surface area contributed by atoms with Crippen molar-refractivity contribution in [1.29, 1.82) is 0 Å². The molecule has 1 aromatic rings. The van der Waals surface area contributed by atoms with Gasteiger partial charge in [0.05, 0.1) is 5.75 Å². The molecule has 0 spiro atoms. The molecule has 0 saturated carbocycles. The summed E-state index contributed by atoms with van der Waals surface area (Å²) in [4.78, 5) is 16.5. The van der Waals surface area contributed by atoms with Crippen molar-refractivity contribution in [3.8, 4) is 0 Å². The molecule has 156 valence electrons. The highest BCUT2D eigenvalue weighted by Crippen LogP contribution is 2.39. The summed E-state index contributed by atoms with van der Waals surface area (Å²) in [7, 11) is -4.18. The van der Waals surface area contributed by atoms with Crippen LogP contribution in [0.5, 0.6) is 0 Å². The van der Waals surface area contributed by atoms with Gasteiger partial charge >= 0.3 is 6.09 Å². The number of halogens is 2. The van der Waals surface area contributed by atoms with Crippen LogP contribution >= 0.6 is 0 Å². The molecule has 3 N–H and O–H groups in total. The molecule has 0 unspecified atom stereocenters. The molecule has 2 rings (SSSR count). The molecule has 1 heterocycles. The van der Waals surface area contributed by atoms with Crippen LogP contribution in [0.15, 0.2) is 23.2 Å². The van der Waals surface area contributed by atoms with E-state index in [-0.39, 0.29) is 11.3 Å². The van der Waals surface area contributed by atoms with Crippen LogP contribution in [-0.4, -0.2) is 43.1 Å². The second-order valence-electron chi connectivity index (χ2n) is 8.22. The van der Waals surface area contributed by atoms with E-state index in [0.717, 1.165) is 13.0 Å². The van der Waals surface area contributed by atoms with Crippen molar-refractivity contribution >= 4 is 27.5 Å². The van der Waals surface area contributed by atoms with Crippen LogP contribution in [0.25, 0.3) is 0 Å². The molecule has 28 heavy (non-hydrogen) atoms. The van der Waals surface area contributed by atoms with Gasteiger partial charge in [-0.3, -0.25) is 10.3 Å². The summed E-state index contributed by atoms with van der Waals surface area (Å²) in [5, 5.41) is 2.25. The summed E-state index contributed by atoms with van der Waals surface area (Å²) in [5.74, 6) is -1.81. The maximum Gasteiger partial charge on any atom is 0.413 e. The van der Waals surface area contributed by atoms with Crippen molar-refractivity contribution in [1.82, 2.24) is 5.32 Å². The number of anilines is 1. The van der Waals surface area contributed by atoms with Crippen molar-refractivity contribution in [3.05, 3.63) is 29.6 Å². The van der Waals surface area contributed by atoms with E-state index < -0.39 is 55.9 Å². The third-order valence-electron chi connectivity index (χ3n) is 4.46. The van der Waals surface area contributed by atoms with Crippen molar-refractivity contribution in [2.75, 3.05) is 18.2 Å². The zero-order valence-electron chi connectivity index (χ0n) is 16.5. The second-order valence-corrected chi connectivity index (χ2v) is 10.6. The SMILES string of the molecule is CC(C)(C)OC(=O)NC1=N[C@](C)(c2cc(N)ccc2F)CS(=O)(=O)[C@]1(C)CF. The normalized spacial score (nSPS) is 27.0. The molecule has 7 nitrogen and oxygen atoms in total. The lowest BCUT2D eigenvalue weighted by molar-refractivity contribution is 0.0560. The molecule has 0 radical (unpaired) electrons. The molecule has 0 bridgehead atoms. The van der Waals surface area contributed by atoms with Gasteiger partial charge in [0.2, 0.25) is 0 Å². The van der Waals surface area contributed by atoms with Crippen molar-refractivity contribution in [2.45, 2.75) is 50.5 Å². The minimum absolute atomic E-state index is 0.0690. The number of nitrogen functional groups attached to an aromatic ring is 1. The van der Waals surface area contributed by atoms with Gasteiger partial charge in [-0.2, -0.15) is 0 Å². The largest absolute Gasteiger partial charge is 0.444 e. The minimum atomic E-state index is -4.18. The molecule has 1 aliphatic rings. The van der Waals surface area contributed by atoms with Crippen molar-refractivity contribution in [2.24, 2.45) is 4.99 Å².